The third-order valence-corrected chi connectivity index (χ3v) is 1.65. The molecule has 0 atom stereocenters. The molecule has 0 radical (unpaired) electrons. The zero-order chi connectivity index (χ0) is 10.2. The van der Waals surface area contributed by atoms with Crippen molar-refractivity contribution in [2.24, 2.45) is 10.7 Å². The third kappa shape index (κ3) is 3.31. The van der Waals surface area contributed by atoms with Gasteiger partial charge in [-0.05, 0) is 37.4 Å². The van der Waals surface area contributed by atoms with Gasteiger partial charge in [0.1, 0.15) is 0 Å². The van der Waals surface area contributed by atoms with Crippen LogP contribution in [0.2, 0.25) is 0 Å². The minimum atomic E-state index is 0.913. The number of hydrogen-bond acceptors (Lipinski definition) is 3. The Labute approximate surface area is 84.4 Å². The van der Waals surface area contributed by atoms with Crippen molar-refractivity contribution in [3.63, 3.8) is 0 Å². The van der Waals surface area contributed by atoms with Crippen LogP contribution in [0.15, 0.2) is 41.5 Å². The van der Waals surface area contributed by atoms with E-state index in [1.54, 1.807) is 12.3 Å². The van der Waals surface area contributed by atoms with Crippen molar-refractivity contribution >= 4 is 17.6 Å². The molecular formula is C11H15N3. The molecule has 0 heterocycles. The van der Waals surface area contributed by atoms with Gasteiger partial charge in [-0.15, -0.1) is 0 Å². The van der Waals surface area contributed by atoms with Crippen molar-refractivity contribution in [1.82, 2.24) is 0 Å². The predicted octanol–water partition coefficient (Wildman–Crippen LogP) is 2.29. The molecule has 1 aromatic rings. The number of nitrogens with zero attached hydrogens (tertiary/aromatic N) is 1. The maximum Gasteiger partial charge on any atom is 0.0650 e. The molecule has 3 nitrogen and oxygen atoms in total. The minimum Gasteiger partial charge on any atom is -0.405 e. The second-order valence-corrected chi connectivity index (χ2v) is 2.74. The van der Waals surface area contributed by atoms with Crippen molar-refractivity contribution < 1.29 is 0 Å². The third-order valence-electron chi connectivity index (χ3n) is 1.65. The summed E-state index contributed by atoms with van der Waals surface area (Å²) in [5.74, 6) is 0. The number of anilines is 1. The number of aliphatic imine (C=N–C) groups is 1. The van der Waals surface area contributed by atoms with Crippen LogP contribution in [0.3, 0.4) is 0 Å². The normalized spacial score (nSPS) is 11.2. The van der Waals surface area contributed by atoms with E-state index in [1.807, 2.05) is 24.3 Å². The Morgan fingerprint density at radius 1 is 1.50 bits per heavy atom. The number of benzene rings is 1. The van der Waals surface area contributed by atoms with Gasteiger partial charge in [0.05, 0.1) is 5.69 Å². The van der Waals surface area contributed by atoms with Crippen LogP contribution in [-0.2, 0) is 0 Å². The lowest BCUT2D eigenvalue weighted by Crippen LogP contribution is -1.95. The van der Waals surface area contributed by atoms with Crippen LogP contribution < -0.4 is 11.1 Å². The van der Waals surface area contributed by atoms with E-state index in [9.17, 15) is 0 Å². The van der Waals surface area contributed by atoms with Crippen LogP contribution in [0.5, 0.6) is 0 Å². The molecule has 0 fully saturated rings. The summed E-state index contributed by atoms with van der Waals surface area (Å²) in [7, 11) is 0. The van der Waals surface area contributed by atoms with Gasteiger partial charge in [-0.3, -0.25) is 4.99 Å². The van der Waals surface area contributed by atoms with E-state index < -0.39 is 0 Å². The molecule has 1 aromatic carbocycles. The summed E-state index contributed by atoms with van der Waals surface area (Å²) in [5.41, 5.74) is 7.19. The Morgan fingerprint density at radius 3 is 3.07 bits per heavy atom. The molecule has 0 saturated carbocycles. The van der Waals surface area contributed by atoms with Crippen molar-refractivity contribution in [3.05, 3.63) is 36.5 Å². The largest absolute Gasteiger partial charge is 0.405 e. The lowest BCUT2D eigenvalue weighted by Gasteiger charge is -2.02. The molecule has 1 rings (SSSR count). The van der Waals surface area contributed by atoms with Crippen LogP contribution in [-0.4, -0.2) is 12.8 Å². The second kappa shape index (κ2) is 5.80. The van der Waals surface area contributed by atoms with Crippen molar-refractivity contribution in [3.8, 4) is 0 Å². The molecule has 0 spiro atoms. The monoisotopic (exact) mass is 189 g/mol. The molecule has 14 heavy (non-hydrogen) atoms. The molecule has 3 heteroatoms. The topological polar surface area (TPSA) is 50.4 Å². The highest BCUT2D eigenvalue weighted by atomic mass is 14.9. The molecular weight excluding hydrogens is 174 g/mol. The van der Waals surface area contributed by atoms with Crippen molar-refractivity contribution in [2.45, 2.75) is 6.92 Å². The minimum absolute atomic E-state index is 0.913. The highest BCUT2D eigenvalue weighted by molar-refractivity contribution is 5.74. The van der Waals surface area contributed by atoms with Crippen LogP contribution in [0.1, 0.15) is 6.92 Å². The smallest absolute Gasteiger partial charge is 0.0650 e. The van der Waals surface area contributed by atoms with E-state index in [1.165, 1.54) is 6.20 Å². The Kier molecular flexibility index (Phi) is 4.27. The summed E-state index contributed by atoms with van der Waals surface area (Å²) in [4.78, 5) is 4.21. The average Bonchev–Trinajstić information content (AvgIpc) is 2.19. The van der Waals surface area contributed by atoms with E-state index >= 15 is 0 Å². The van der Waals surface area contributed by atoms with Crippen LogP contribution in [0, 0.1) is 0 Å². The van der Waals surface area contributed by atoms with Gasteiger partial charge in [0.25, 0.3) is 0 Å². The molecule has 0 aliphatic rings. The molecule has 0 aliphatic carbocycles. The molecule has 3 N–H and O–H groups in total. The van der Waals surface area contributed by atoms with Crippen LogP contribution in [0.4, 0.5) is 11.4 Å². The fourth-order valence-electron chi connectivity index (χ4n) is 1.08. The highest BCUT2D eigenvalue weighted by Crippen LogP contribution is 2.17. The van der Waals surface area contributed by atoms with Gasteiger partial charge >= 0.3 is 0 Å². The average molecular weight is 189 g/mol. The molecule has 74 valence electrons. The Hall–Kier alpha value is -1.77. The molecule has 0 amide bonds. The number of nitrogens with one attached hydrogen (secondary N) is 1. The first-order chi connectivity index (χ1) is 6.86. The molecule has 0 saturated heterocycles. The van der Waals surface area contributed by atoms with Crippen LogP contribution >= 0.6 is 0 Å². The van der Waals surface area contributed by atoms with Crippen molar-refractivity contribution in [2.75, 3.05) is 11.9 Å². The maximum absolute atomic E-state index is 5.19. The first-order valence-corrected chi connectivity index (χ1v) is 4.61. The van der Waals surface area contributed by atoms with Gasteiger partial charge in [0.2, 0.25) is 0 Å². The van der Waals surface area contributed by atoms with Gasteiger partial charge in [0.15, 0.2) is 0 Å². The fraction of sp³-hybridized carbons (Fsp3) is 0.182. The fourth-order valence-corrected chi connectivity index (χ4v) is 1.08. The summed E-state index contributed by atoms with van der Waals surface area (Å²) in [6.07, 6.45) is 4.82. The molecule has 0 unspecified atom stereocenters. The Bertz CT molecular complexity index is 329. The summed E-state index contributed by atoms with van der Waals surface area (Å²) in [6.45, 7) is 2.98. The van der Waals surface area contributed by atoms with E-state index in [0.717, 1.165) is 17.9 Å². The standard InChI is InChI=1S/C11H15N3/c1-2-13-10-5-3-6-11(9-10)14-8-4-7-12/h3-9,13H,2,12H2,1H3. The van der Waals surface area contributed by atoms with Gasteiger partial charge in [-0.2, -0.15) is 0 Å². The lowest BCUT2D eigenvalue weighted by atomic mass is 10.3. The zero-order valence-electron chi connectivity index (χ0n) is 8.27. The summed E-state index contributed by atoms with van der Waals surface area (Å²) >= 11 is 0. The van der Waals surface area contributed by atoms with Gasteiger partial charge in [-0.1, -0.05) is 6.07 Å². The molecule has 0 aromatic heterocycles. The summed E-state index contributed by atoms with van der Waals surface area (Å²) in [5, 5.41) is 3.22. The highest BCUT2D eigenvalue weighted by Gasteiger charge is 1.90. The van der Waals surface area contributed by atoms with E-state index in [2.05, 4.69) is 17.2 Å². The first kappa shape index (κ1) is 10.3. The maximum atomic E-state index is 5.19. The zero-order valence-corrected chi connectivity index (χ0v) is 8.27. The van der Waals surface area contributed by atoms with E-state index in [-0.39, 0.29) is 0 Å². The Morgan fingerprint density at radius 2 is 2.36 bits per heavy atom. The van der Waals surface area contributed by atoms with Crippen molar-refractivity contribution in [1.29, 1.82) is 0 Å². The SMILES string of the molecule is CCNc1cccc(N=CC=CN)c1. The van der Waals surface area contributed by atoms with Gasteiger partial charge in [0, 0.05) is 18.4 Å². The molecule has 0 aliphatic heterocycles. The van der Waals surface area contributed by atoms with Gasteiger partial charge in [-0.25, -0.2) is 0 Å². The number of hydrogen-bond donors (Lipinski definition) is 2. The van der Waals surface area contributed by atoms with Gasteiger partial charge < -0.3 is 11.1 Å². The number of nitrogens with two attached hydrogens (primary N) is 1. The lowest BCUT2D eigenvalue weighted by molar-refractivity contribution is 1.21. The second-order valence-electron chi connectivity index (χ2n) is 2.74. The molecule has 0 bridgehead atoms. The summed E-state index contributed by atoms with van der Waals surface area (Å²) in [6, 6.07) is 7.92. The predicted molar refractivity (Wildman–Crippen MR) is 62.1 cm³/mol. The Balaban J connectivity index is 2.72. The quantitative estimate of drug-likeness (QED) is 0.714. The summed E-state index contributed by atoms with van der Waals surface area (Å²) < 4.78 is 0. The first-order valence-electron chi connectivity index (χ1n) is 4.61. The van der Waals surface area contributed by atoms with Crippen LogP contribution in [0.25, 0.3) is 0 Å². The van der Waals surface area contributed by atoms with E-state index in [4.69, 9.17) is 5.73 Å². The number of allylic oxidation sites excluding steroid dienone is 1. The number of rotatable bonds is 4. The van der Waals surface area contributed by atoms with E-state index in [0.29, 0.717) is 0 Å².